The fourth-order valence-electron chi connectivity index (χ4n) is 2.92. The van der Waals surface area contributed by atoms with Crippen molar-refractivity contribution < 1.29 is 18.8 Å². The molecule has 0 radical (unpaired) electrons. The summed E-state index contributed by atoms with van der Waals surface area (Å²) in [5, 5.41) is 22.7. The zero-order valence-electron chi connectivity index (χ0n) is 16.9. The smallest absolute Gasteiger partial charge is 0.311 e. The van der Waals surface area contributed by atoms with Gasteiger partial charge in [-0.2, -0.15) is 10.2 Å². The fourth-order valence-corrected chi connectivity index (χ4v) is 3.04. The Morgan fingerprint density at radius 2 is 1.85 bits per heavy atom. The van der Waals surface area contributed by atoms with Crippen LogP contribution >= 0.6 is 11.6 Å². The average molecular weight is 471 g/mol. The van der Waals surface area contributed by atoms with Crippen LogP contribution in [0.15, 0.2) is 67.0 Å². The van der Waals surface area contributed by atoms with E-state index in [4.69, 9.17) is 16.3 Å². The lowest BCUT2D eigenvalue weighted by molar-refractivity contribution is -0.386. The lowest BCUT2D eigenvalue weighted by atomic mass is 10.2. The minimum Gasteiger partial charge on any atom is -0.464 e. The molecule has 33 heavy (non-hydrogen) atoms. The lowest BCUT2D eigenvalue weighted by Gasteiger charge is -2.07. The van der Waals surface area contributed by atoms with Crippen LogP contribution in [0.5, 0.6) is 5.75 Å². The van der Waals surface area contributed by atoms with Crippen LogP contribution in [0.25, 0.3) is 0 Å². The second-order valence-corrected chi connectivity index (χ2v) is 7.30. The SMILES string of the molecule is O=C(Nc1ccn(Cc2ccc(Cl)cc2)n1)c1ccn(COc2cc(F)ccc2[N+](=O)[O-])n1. The van der Waals surface area contributed by atoms with Gasteiger partial charge in [0.05, 0.1) is 11.5 Å². The Hall–Kier alpha value is -4.25. The molecule has 4 rings (SSSR count). The highest BCUT2D eigenvalue weighted by atomic mass is 35.5. The van der Waals surface area contributed by atoms with Gasteiger partial charge in [-0.05, 0) is 29.8 Å². The van der Waals surface area contributed by atoms with Crippen LogP contribution in [-0.2, 0) is 13.3 Å². The summed E-state index contributed by atoms with van der Waals surface area (Å²) in [7, 11) is 0. The molecule has 0 saturated heterocycles. The third-order valence-electron chi connectivity index (χ3n) is 4.48. The third-order valence-corrected chi connectivity index (χ3v) is 4.74. The Morgan fingerprint density at radius 1 is 1.09 bits per heavy atom. The summed E-state index contributed by atoms with van der Waals surface area (Å²) >= 11 is 5.89. The van der Waals surface area contributed by atoms with Crippen LogP contribution in [0.1, 0.15) is 16.1 Å². The molecule has 0 aliphatic heterocycles. The van der Waals surface area contributed by atoms with Crippen molar-refractivity contribution >= 4 is 29.0 Å². The molecule has 0 fully saturated rings. The first-order valence-corrected chi connectivity index (χ1v) is 9.94. The molecule has 168 valence electrons. The normalized spacial score (nSPS) is 10.7. The number of nitrogens with one attached hydrogen (secondary N) is 1. The molecule has 12 heteroatoms. The Balaban J connectivity index is 1.36. The summed E-state index contributed by atoms with van der Waals surface area (Å²) < 4.78 is 21.6. The molecule has 2 heterocycles. The van der Waals surface area contributed by atoms with Gasteiger partial charge in [0.25, 0.3) is 5.91 Å². The number of nitro groups is 1. The minimum absolute atomic E-state index is 0.0830. The van der Waals surface area contributed by atoms with Crippen LogP contribution in [0, 0.1) is 15.9 Å². The fraction of sp³-hybridized carbons (Fsp3) is 0.0952. The number of aromatic nitrogens is 4. The second kappa shape index (κ2) is 9.49. The number of rotatable bonds is 8. The van der Waals surface area contributed by atoms with Crippen LogP contribution in [0.3, 0.4) is 0 Å². The minimum atomic E-state index is -0.678. The number of halogens is 2. The van der Waals surface area contributed by atoms with Crippen molar-refractivity contribution in [2.45, 2.75) is 13.3 Å². The van der Waals surface area contributed by atoms with E-state index in [1.807, 2.05) is 12.1 Å². The van der Waals surface area contributed by atoms with Crippen molar-refractivity contribution in [2.24, 2.45) is 0 Å². The van der Waals surface area contributed by atoms with Crippen molar-refractivity contribution in [3.8, 4) is 5.75 Å². The Morgan fingerprint density at radius 3 is 2.61 bits per heavy atom. The largest absolute Gasteiger partial charge is 0.464 e. The molecule has 0 aliphatic rings. The van der Waals surface area contributed by atoms with Gasteiger partial charge in [-0.1, -0.05) is 23.7 Å². The number of ether oxygens (including phenoxy) is 1. The van der Waals surface area contributed by atoms with Crippen molar-refractivity contribution in [3.63, 3.8) is 0 Å². The van der Waals surface area contributed by atoms with E-state index in [-0.39, 0.29) is 23.9 Å². The molecule has 1 amide bonds. The van der Waals surface area contributed by atoms with E-state index < -0.39 is 16.6 Å². The van der Waals surface area contributed by atoms with E-state index in [2.05, 4.69) is 15.5 Å². The van der Waals surface area contributed by atoms with Crippen molar-refractivity contribution in [2.75, 3.05) is 5.32 Å². The molecule has 10 nitrogen and oxygen atoms in total. The highest BCUT2D eigenvalue weighted by Crippen LogP contribution is 2.27. The summed E-state index contributed by atoms with van der Waals surface area (Å²) in [5.74, 6) is -1.07. The zero-order valence-corrected chi connectivity index (χ0v) is 17.6. The molecule has 0 atom stereocenters. The molecule has 2 aromatic carbocycles. The molecule has 4 aromatic rings. The first-order valence-electron chi connectivity index (χ1n) is 9.57. The van der Waals surface area contributed by atoms with E-state index in [0.717, 1.165) is 23.8 Å². The monoisotopic (exact) mass is 470 g/mol. The summed E-state index contributed by atoms with van der Waals surface area (Å²) in [6, 6.07) is 13.3. The van der Waals surface area contributed by atoms with Crippen molar-refractivity contribution in [1.29, 1.82) is 0 Å². The standard InChI is InChI=1S/C21H16ClFN6O4/c22-15-3-1-14(2-4-15)12-27-10-8-20(26-27)24-21(30)17-7-9-28(25-17)13-33-19-11-16(23)5-6-18(19)29(31)32/h1-11H,12-13H2,(H,24,26,30). The molecule has 2 aromatic heterocycles. The van der Waals surface area contributed by atoms with Gasteiger partial charge in [-0.25, -0.2) is 9.07 Å². The maximum atomic E-state index is 13.4. The lowest BCUT2D eigenvalue weighted by Crippen LogP contribution is -2.15. The summed E-state index contributed by atoms with van der Waals surface area (Å²) in [4.78, 5) is 22.8. The molecule has 0 aliphatic carbocycles. The molecule has 1 N–H and O–H groups in total. The number of carbonyl (C=O) groups is 1. The van der Waals surface area contributed by atoms with E-state index in [9.17, 15) is 19.3 Å². The first-order chi connectivity index (χ1) is 15.9. The molecule has 0 bridgehead atoms. The summed E-state index contributed by atoms with van der Waals surface area (Å²) in [6.07, 6.45) is 3.18. The van der Waals surface area contributed by atoms with Gasteiger partial charge < -0.3 is 10.1 Å². The Labute approximate surface area is 191 Å². The molecular formula is C21H16ClFN6O4. The van der Waals surface area contributed by atoms with Crippen molar-refractivity contribution in [1.82, 2.24) is 19.6 Å². The van der Waals surface area contributed by atoms with Gasteiger partial charge in [0.2, 0.25) is 5.75 Å². The molecule has 0 saturated carbocycles. The first kappa shape index (κ1) is 22.0. The summed E-state index contributed by atoms with van der Waals surface area (Å²) in [6.45, 7) is 0.249. The predicted octanol–water partition coefficient (Wildman–Crippen LogP) is 4.12. The van der Waals surface area contributed by atoms with Gasteiger partial charge >= 0.3 is 5.69 Å². The highest BCUT2D eigenvalue weighted by Gasteiger charge is 2.17. The summed E-state index contributed by atoms with van der Waals surface area (Å²) in [5.41, 5.74) is 0.702. The van der Waals surface area contributed by atoms with Crippen molar-refractivity contribution in [3.05, 3.63) is 99.2 Å². The van der Waals surface area contributed by atoms with Crippen LogP contribution in [0.2, 0.25) is 5.02 Å². The molecule has 0 spiro atoms. The number of hydrogen-bond acceptors (Lipinski definition) is 6. The third kappa shape index (κ3) is 5.52. The zero-order chi connectivity index (χ0) is 23.4. The Kier molecular flexibility index (Phi) is 6.31. The van der Waals surface area contributed by atoms with Crippen LogP contribution < -0.4 is 10.1 Å². The number of carbonyl (C=O) groups excluding carboxylic acids is 1. The average Bonchev–Trinajstić information content (AvgIpc) is 3.43. The Bertz CT molecular complexity index is 1300. The number of benzene rings is 2. The molecular weight excluding hydrogens is 455 g/mol. The van der Waals surface area contributed by atoms with E-state index in [1.54, 1.807) is 29.1 Å². The van der Waals surface area contributed by atoms with Gasteiger partial charge in [0.15, 0.2) is 18.2 Å². The van der Waals surface area contributed by atoms with Gasteiger partial charge in [-0.3, -0.25) is 19.6 Å². The number of anilines is 1. The topological polar surface area (TPSA) is 117 Å². The number of nitro benzene ring substituents is 1. The molecule has 0 unspecified atom stereocenters. The van der Waals surface area contributed by atoms with Gasteiger partial charge in [0, 0.05) is 35.6 Å². The maximum absolute atomic E-state index is 13.4. The number of hydrogen-bond donors (Lipinski definition) is 1. The van der Waals surface area contributed by atoms with E-state index in [1.165, 1.54) is 16.9 Å². The van der Waals surface area contributed by atoms with Crippen LogP contribution in [-0.4, -0.2) is 30.4 Å². The number of amides is 1. The predicted molar refractivity (Wildman–Crippen MR) is 117 cm³/mol. The van der Waals surface area contributed by atoms with E-state index >= 15 is 0 Å². The second-order valence-electron chi connectivity index (χ2n) is 6.86. The highest BCUT2D eigenvalue weighted by molar-refractivity contribution is 6.30. The van der Waals surface area contributed by atoms with E-state index in [0.29, 0.717) is 17.4 Å². The van der Waals surface area contributed by atoms with Gasteiger partial charge in [-0.15, -0.1) is 0 Å². The van der Waals surface area contributed by atoms with Crippen LogP contribution in [0.4, 0.5) is 15.9 Å². The quantitative estimate of drug-likeness (QED) is 0.306. The number of nitrogens with zero attached hydrogens (tertiary/aromatic N) is 5. The van der Waals surface area contributed by atoms with Gasteiger partial charge in [0.1, 0.15) is 5.82 Å². The maximum Gasteiger partial charge on any atom is 0.311 e.